The smallest absolute Gasteiger partial charge is 0.335 e. The third kappa shape index (κ3) is 22.0. The predicted molar refractivity (Wildman–Crippen MR) is 235 cm³/mol. The largest absolute Gasteiger partial charge is 0.395 e. The summed E-state index contributed by atoms with van der Waals surface area (Å²) in [4.78, 5) is 5.36. The molecule has 2 heterocycles. The van der Waals surface area contributed by atoms with Crippen LogP contribution in [0.25, 0.3) is 0 Å². The molecule has 2 aliphatic rings. The lowest BCUT2D eigenvalue weighted by atomic mass is 9.96. The van der Waals surface area contributed by atoms with Crippen LogP contribution in [0.2, 0.25) is 37.3 Å². The van der Waals surface area contributed by atoms with Gasteiger partial charge in [-0.2, -0.15) is 0 Å². The molecule has 322 valence electrons. The lowest BCUT2D eigenvalue weighted by Crippen LogP contribution is -2.50. The molecule has 2 aliphatic heterocycles. The first-order chi connectivity index (χ1) is 26.1. The number of rotatable bonds is 30. The van der Waals surface area contributed by atoms with Gasteiger partial charge in [-0.3, -0.25) is 0 Å². The fraction of sp³-hybridized carbons (Fsp3) is 1.00. The van der Waals surface area contributed by atoms with Gasteiger partial charge in [0.2, 0.25) is 0 Å². The zero-order chi connectivity index (χ0) is 39.5. The minimum Gasteiger partial charge on any atom is -0.395 e. The van der Waals surface area contributed by atoms with Gasteiger partial charge in [0.15, 0.2) is 0 Å². The Hall–Kier alpha value is 0.468. The minimum absolute atomic E-state index is 0.0692. The van der Waals surface area contributed by atoms with Crippen LogP contribution in [0.5, 0.6) is 0 Å². The van der Waals surface area contributed by atoms with Crippen LogP contribution < -0.4 is 0 Å². The highest BCUT2D eigenvalue weighted by atomic mass is 28.4. The molecule has 0 aromatic rings. The minimum atomic E-state index is -2.17. The van der Waals surface area contributed by atoms with Crippen molar-refractivity contribution in [3.05, 3.63) is 0 Å². The highest BCUT2D eigenvalue weighted by Gasteiger charge is 2.38. The van der Waals surface area contributed by atoms with Crippen LogP contribution in [0, 0.1) is 5.92 Å². The summed E-state index contributed by atoms with van der Waals surface area (Å²) in [7, 11) is -5.09. The second kappa shape index (κ2) is 30.5. The van der Waals surface area contributed by atoms with E-state index in [1.54, 1.807) is 0 Å². The molecule has 0 radical (unpaired) electrons. The van der Waals surface area contributed by atoms with Gasteiger partial charge < -0.3 is 46.5 Å². The topological polar surface area (TPSA) is 80.3 Å². The standard InChI is InChI=1S/C40H88N2O8Si4/c1-10-43-39(44-11-2)51-30-20-26-41-28-22-32-53(8,47-14-5)49-37(34-41)25-19-17-16-18-24-36(7)38-35-42(29-23-33-54(9,50-38)48-15-6)27-21-31-52-40(45-12-3)46-13-4/h36-40H,10-35,51-52H2,1-9H3. The van der Waals surface area contributed by atoms with Crippen molar-refractivity contribution in [2.45, 2.75) is 174 Å². The normalized spacial score (nSPS) is 26.3. The molecule has 14 heteroatoms. The Morgan fingerprint density at radius 3 is 1.59 bits per heavy atom. The van der Waals surface area contributed by atoms with E-state index in [1.165, 1.54) is 69.9 Å². The van der Waals surface area contributed by atoms with Gasteiger partial charge in [-0.15, -0.1) is 0 Å². The third-order valence-electron chi connectivity index (χ3n) is 11.1. The van der Waals surface area contributed by atoms with Crippen molar-refractivity contribution >= 4 is 36.2 Å². The molecule has 2 fully saturated rings. The molecule has 0 saturated carbocycles. The van der Waals surface area contributed by atoms with Crippen LogP contribution in [0.15, 0.2) is 0 Å². The summed E-state index contributed by atoms with van der Waals surface area (Å²) in [6.45, 7) is 30.7. The van der Waals surface area contributed by atoms with E-state index in [-0.39, 0.29) is 24.0 Å². The summed E-state index contributed by atoms with van der Waals surface area (Å²) in [6, 6.07) is 4.70. The molecule has 0 aromatic heterocycles. The van der Waals surface area contributed by atoms with E-state index in [2.05, 4.69) is 71.4 Å². The Kier molecular flexibility index (Phi) is 28.6. The average Bonchev–Trinajstić information content (AvgIpc) is 3.11. The summed E-state index contributed by atoms with van der Waals surface area (Å²) >= 11 is 0. The molecule has 54 heavy (non-hydrogen) atoms. The maximum absolute atomic E-state index is 7.02. The van der Waals surface area contributed by atoms with E-state index in [9.17, 15) is 0 Å². The lowest BCUT2D eigenvalue weighted by Gasteiger charge is -2.40. The van der Waals surface area contributed by atoms with Gasteiger partial charge in [0, 0.05) is 52.7 Å². The van der Waals surface area contributed by atoms with Crippen LogP contribution in [-0.2, 0) is 36.7 Å². The van der Waals surface area contributed by atoms with Crippen LogP contribution in [0.3, 0.4) is 0 Å². The van der Waals surface area contributed by atoms with Crippen molar-refractivity contribution in [2.24, 2.45) is 5.92 Å². The molecular formula is C40H88N2O8Si4. The number of unbranched alkanes of at least 4 members (excludes halogenated alkanes) is 3. The Bertz CT molecular complexity index is 895. The number of ether oxygens (including phenoxy) is 4. The Morgan fingerprint density at radius 1 is 0.611 bits per heavy atom. The van der Waals surface area contributed by atoms with Gasteiger partial charge in [0.05, 0.1) is 31.2 Å². The number of hydrogen-bond donors (Lipinski definition) is 0. The summed E-state index contributed by atoms with van der Waals surface area (Å²) in [5.41, 5.74) is 0. The van der Waals surface area contributed by atoms with Gasteiger partial charge in [-0.05, 0) is 137 Å². The molecule has 10 nitrogen and oxygen atoms in total. The first-order valence-corrected chi connectivity index (χ1v) is 31.4. The van der Waals surface area contributed by atoms with Gasteiger partial charge in [-0.25, -0.2) is 0 Å². The van der Waals surface area contributed by atoms with E-state index in [1.807, 2.05) is 0 Å². The first-order valence-electron chi connectivity index (χ1n) is 22.7. The molecule has 2 rings (SSSR count). The van der Waals surface area contributed by atoms with E-state index < -0.39 is 36.2 Å². The quantitative estimate of drug-likeness (QED) is 0.0428. The van der Waals surface area contributed by atoms with Gasteiger partial charge in [0.1, 0.15) is 11.8 Å². The van der Waals surface area contributed by atoms with E-state index >= 15 is 0 Å². The van der Waals surface area contributed by atoms with Crippen molar-refractivity contribution in [2.75, 3.05) is 78.9 Å². The Balaban J connectivity index is 1.86. The zero-order valence-electron chi connectivity index (χ0n) is 36.8. The van der Waals surface area contributed by atoms with Crippen molar-refractivity contribution in [1.82, 2.24) is 9.80 Å². The lowest BCUT2D eigenvalue weighted by molar-refractivity contribution is -0.0830. The molecule has 0 aromatic carbocycles. The van der Waals surface area contributed by atoms with Gasteiger partial charge >= 0.3 is 17.1 Å². The summed E-state index contributed by atoms with van der Waals surface area (Å²) in [5.74, 6) is 0.663. The Labute approximate surface area is 340 Å². The van der Waals surface area contributed by atoms with Crippen LogP contribution in [0.4, 0.5) is 0 Å². The van der Waals surface area contributed by atoms with Crippen LogP contribution >= 0.6 is 0 Å². The van der Waals surface area contributed by atoms with E-state index in [4.69, 9.17) is 36.7 Å². The molecule has 0 aliphatic carbocycles. The highest BCUT2D eigenvalue weighted by Crippen LogP contribution is 2.28. The van der Waals surface area contributed by atoms with Gasteiger partial charge in [0.25, 0.3) is 0 Å². The maximum Gasteiger partial charge on any atom is 0.335 e. The van der Waals surface area contributed by atoms with Crippen molar-refractivity contribution in [3.63, 3.8) is 0 Å². The number of nitrogens with zero attached hydrogens (tertiary/aromatic N) is 2. The molecular weight excluding hydrogens is 749 g/mol. The highest BCUT2D eigenvalue weighted by molar-refractivity contribution is 6.66. The van der Waals surface area contributed by atoms with Crippen molar-refractivity contribution in [3.8, 4) is 0 Å². The second-order valence-corrected chi connectivity index (χ2v) is 26.5. The average molecular weight is 837 g/mol. The Morgan fingerprint density at radius 2 is 1.09 bits per heavy atom. The molecule has 5 atom stereocenters. The summed E-state index contributed by atoms with van der Waals surface area (Å²) < 4.78 is 50.0. The molecule has 2 saturated heterocycles. The van der Waals surface area contributed by atoms with Gasteiger partial charge in [-0.1, -0.05) is 44.7 Å². The fourth-order valence-corrected chi connectivity index (χ4v) is 17.0. The predicted octanol–water partition coefficient (Wildman–Crippen LogP) is 7.03. The molecule has 5 unspecified atom stereocenters. The SMILES string of the molecule is CCOC(OCC)[SiH2]CCCN1CCC[Si](C)(OCC)OC(CCCCCCC(C)C2CN(CCC[SiH2]C(OCC)OCC)CCC[Si](C)(OCC)O2)C1. The maximum atomic E-state index is 7.02. The zero-order valence-corrected chi connectivity index (χ0v) is 41.7. The molecule has 0 bridgehead atoms. The van der Waals surface area contributed by atoms with E-state index in [0.717, 1.165) is 97.4 Å². The fourth-order valence-electron chi connectivity index (χ4n) is 8.36. The molecule has 0 amide bonds. The van der Waals surface area contributed by atoms with Crippen molar-refractivity contribution < 1.29 is 36.7 Å². The third-order valence-corrected chi connectivity index (χ3v) is 20.8. The molecule has 0 spiro atoms. The first kappa shape index (κ1) is 50.6. The number of hydrogen-bond acceptors (Lipinski definition) is 10. The van der Waals surface area contributed by atoms with Crippen molar-refractivity contribution in [1.29, 1.82) is 0 Å². The molecule has 0 N–H and O–H groups in total. The summed E-state index contributed by atoms with van der Waals surface area (Å²) in [5, 5.41) is 0. The van der Waals surface area contributed by atoms with E-state index in [0.29, 0.717) is 5.92 Å². The monoisotopic (exact) mass is 837 g/mol. The van der Waals surface area contributed by atoms with Crippen LogP contribution in [0.1, 0.15) is 113 Å². The summed E-state index contributed by atoms with van der Waals surface area (Å²) in [6.07, 6.45) is 12.7. The second-order valence-electron chi connectivity index (χ2n) is 16.0. The van der Waals surface area contributed by atoms with Crippen LogP contribution in [-0.4, -0.2) is 149 Å².